The van der Waals surface area contributed by atoms with Crippen LogP contribution < -0.4 is 5.32 Å². The summed E-state index contributed by atoms with van der Waals surface area (Å²) in [6, 6.07) is 4.95. The Bertz CT molecular complexity index is 349. The fourth-order valence-electron chi connectivity index (χ4n) is 1.59. The molecule has 1 rings (SSSR count). The Labute approximate surface area is 100 Å². The molecule has 0 radical (unpaired) electrons. The summed E-state index contributed by atoms with van der Waals surface area (Å²) in [7, 11) is 0. The van der Waals surface area contributed by atoms with E-state index in [0.29, 0.717) is 6.04 Å². The lowest BCUT2D eigenvalue weighted by molar-refractivity contribution is 0.359. The van der Waals surface area contributed by atoms with Crippen molar-refractivity contribution in [2.45, 2.75) is 54.5 Å². The topological polar surface area (TPSA) is 12.0 Å². The third kappa shape index (κ3) is 3.01. The number of aryl methyl sites for hydroxylation is 2. The summed E-state index contributed by atoms with van der Waals surface area (Å²) < 4.78 is 0. The van der Waals surface area contributed by atoms with Crippen LogP contribution in [0.25, 0.3) is 0 Å². The molecular weight excluding hydrogens is 194 g/mol. The van der Waals surface area contributed by atoms with Crippen LogP contribution in [0.4, 0.5) is 5.69 Å². The zero-order chi connectivity index (χ0) is 12.5. The first kappa shape index (κ1) is 13.1. The minimum atomic E-state index is 0.284. The van der Waals surface area contributed by atoms with Crippen molar-refractivity contribution in [2.24, 2.45) is 5.41 Å². The van der Waals surface area contributed by atoms with Crippen LogP contribution in [0.15, 0.2) is 12.1 Å². The van der Waals surface area contributed by atoms with Crippen LogP contribution in [0.5, 0.6) is 0 Å². The molecule has 90 valence electrons. The van der Waals surface area contributed by atoms with Gasteiger partial charge in [0.05, 0.1) is 0 Å². The van der Waals surface area contributed by atoms with E-state index in [-0.39, 0.29) is 5.41 Å². The molecule has 1 aromatic rings. The largest absolute Gasteiger partial charge is 0.382 e. The highest BCUT2D eigenvalue weighted by Crippen LogP contribution is 2.25. The molecule has 0 bridgehead atoms. The Kier molecular flexibility index (Phi) is 3.67. The molecule has 0 saturated heterocycles. The maximum Gasteiger partial charge on any atom is 0.0347 e. The summed E-state index contributed by atoms with van der Waals surface area (Å²) in [6.07, 6.45) is 0. The van der Waals surface area contributed by atoms with Gasteiger partial charge in [-0.1, -0.05) is 20.8 Å². The zero-order valence-electron chi connectivity index (χ0n) is 11.7. The Morgan fingerprint density at radius 2 is 1.44 bits per heavy atom. The molecule has 0 aliphatic carbocycles. The van der Waals surface area contributed by atoms with E-state index in [4.69, 9.17) is 0 Å². The lowest BCUT2D eigenvalue weighted by Crippen LogP contribution is -2.30. The number of nitrogens with one attached hydrogen (secondary N) is 1. The van der Waals surface area contributed by atoms with Gasteiger partial charge in [-0.3, -0.25) is 0 Å². The van der Waals surface area contributed by atoms with Gasteiger partial charge in [0.15, 0.2) is 0 Å². The summed E-state index contributed by atoms with van der Waals surface area (Å²) >= 11 is 0. The van der Waals surface area contributed by atoms with Crippen molar-refractivity contribution in [1.29, 1.82) is 0 Å². The van der Waals surface area contributed by atoms with E-state index in [1.165, 1.54) is 22.4 Å². The van der Waals surface area contributed by atoms with Gasteiger partial charge in [-0.05, 0) is 61.9 Å². The Hall–Kier alpha value is -0.980. The lowest BCUT2D eigenvalue weighted by Gasteiger charge is -2.29. The highest BCUT2D eigenvalue weighted by atomic mass is 14.9. The molecule has 0 aliphatic heterocycles. The number of anilines is 1. The molecule has 0 spiro atoms. The molecule has 16 heavy (non-hydrogen) atoms. The minimum absolute atomic E-state index is 0.284. The first-order valence-corrected chi connectivity index (χ1v) is 6.06. The van der Waals surface area contributed by atoms with E-state index in [1.54, 1.807) is 0 Å². The van der Waals surface area contributed by atoms with Gasteiger partial charge in [0.2, 0.25) is 0 Å². The smallest absolute Gasteiger partial charge is 0.0347 e. The van der Waals surface area contributed by atoms with Gasteiger partial charge >= 0.3 is 0 Å². The second kappa shape index (κ2) is 4.48. The van der Waals surface area contributed by atoms with E-state index in [0.717, 1.165) is 0 Å². The molecule has 1 atom stereocenters. The van der Waals surface area contributed by atoms with Crippen LogP contribution in [0.1, 0.15) is 44.4 Å². The van der Waals surface area contributed by atoms with Gasteiger partial charge in [-0.25, -0.2) is 0 Å². The van der Waals surface area contributed by atoms with Crippen molar-refractivity contribution in [3.8, 4) is 0 Å². The summed E-state index contributed by atoms with van der Waals surface area (Å²) in [4.78, 5) is 0. The van der Waals surface area contributed by atoms with Crippen molar-refractivity contribution < 1.29 is 0 Å². The molecule has 0 heterocycles. The summed E-state index contributed by atoms with van der Waals surface area (Å²) in [5, 5.41) is 3.59. The van der Waals surface area contributed by atoms with Gasteiger partial charge in [0.25, 0.3) is 0 Å². The van der Waals surface area contributed by atoms with E-state index < -0.39 is 0 Å². The van der Waals surface area contributed by atoms with Gasteiger partial charge in [0, 0.05) is 11.7 Å². The fraction of sp³-hybridized carbons (Fsp3) is 0.600. The molecule has 1 unspecified atom stereocenters. The predicted octanol–water partition coefficient (Wildman–Crippen LogP) is 4.46. The molecule has 0 amide bonds. The quantitative estimate of drug-likeness (QED) is 0.774. The van der Waals surface area contributed by atoms with Crippen LogP contribution >= 0.6 is 0 Å². The van der Waals surface area contributed by atoms with Crippen LogP contribution in [-0.4, -0.2) is 6.04 Å². The van der Waals surface area contributed by atoms with Crippen LogP contribution in [-0.2, 0) is 0 Å². The highest BCUT2D eigenvalue weighted by molar-refractivity contribution is 5.52. The van der Waals surface area contributed by atoms with Gasteiger partial charge in [-0.2, -0.15) is 0 Å². The average Bonchev–Trinajstić information content (AvgIpc) is 2.12. The van der Waals surface area contributed by atoms with Crippen LogP contribution in [0.2, 0.25) is 0 Å². The number of rotatable bonds is 2. The molecule has 0 saturated carbocycles. The van der Waals surface area contributed by atoms with Gasteiger partial charge < -0.3 is 5.32 Å². The van der Waals surface area contributed by atoms with Gasteiger partial charge in [0.1, 0.15) is 0 Å². The van der Waals surface area contributed by atoms with Crippen molar-refractivity contribution in [2.75, 3.05) is 5.32 Å². The van der Waals surface area contributed by atoms with Crippen molar-refractivity contribution in [3.05, 3.63) is 28.8 Å². The summed E-state index contributed by atoms with van der Waals surface area (Å²) in [5.41, 5.74) is 5.65. The molecule has 0 aromatic heterocycles. The predicted molar refractivity (Wildman–Crippen MR) is 73.2 cm³/mol. The number of hydrogen-bond donors (Lipinski definition) is 1. The Morgan fingerprint density at radius 1 is 1.00 bits per heavy atom. The number of benzene rings is 1. The molecule has 1 heteroatoms. The van der Waals surface area contributed by atoms with E-state index in [1.807, 2.05) is 0 Å². The van der Waals surface area contributed by atoms with E-state index in [2.05, 4.69) is 65.9 Å². The van der Waals surface area contributed by atoms with E-state index >= 15 is 0 Å². The Balaban J connectivity index is 2.91. The molecular formula is C15H25N. The van der Waals surface area contributed by atoms with Gasteiger partial charge in [-0.15, -0.1) is 0 Å². The number of hydrogen-bond acceptors (Lipinski definition) is 1. The normalized spacial score (nSPS) is 13.7. The molecule has 0 fully saturated rings. The summed E-state index contributed by atoms with van der Waals surface area (Å²) in [5.74, 6) is 0. The van der Waals surface area contributed by atoms with Crippen LogP contribution in [0, 0.1) is 26.2 Å². The lowest BCUT2D eigenvalue weighted by atomic mass is 9.88. The SMILES string of the molecule is Cc1cc(NC(C)C(C)(C)C)cc(C)c1C. The zero-order valence-corrected chi connectivity index (χ0v) is 11.7. The fourth-order valence-corrected chi connectivity index (χ4v) is 1.59. The summed E-state index contributed by atoms with van der Waals surface area (Å²) in [6.45, 7) is 15.6. The van der Waals surface area contributed by atoms with E-state index in [9.17, 15) is 0 Å². The average molecular weight is 219 g/mol. The van der Waals surface area contributed by atoms with Crippen molar-refractivity contribution in [1.82, 2.24) is 0 Å². The molecule has 1 aromatic carbocycles. The first-order chi connectivity index (χ1) is 7.21. The second-order valence-corrected chi connectivity index (χ2v) is 5.97. The maximum absolute atomic E-state index is 3.59. The second-order valence-electron chi connectivity index (χ2n) is 5.97. The van der Waals surface area contributed by atoms with Crippen molar-refractivity contribution >= 4 is 5.69 Å². The first-order valence-electron chi connectivity index (χ1n) is 6.06. The Morgan fingerprint density at radius 3 is 1.81 bits per heavy atom. The molecule has 1 nitrogen and oxygen atoms in total. The van der Waals surface area contributed by atoms with Crippen molar-refractivity contribution in [3.63, 3.8) is 0 Å². The monoisotopic (exact) mass is 219 g/mol. The maximum atomic E-state index is 3.59. The third-order valence-electron chi connectivity index (χ3n) is 3.61. The molecule has 0 aliphatic rings. The minimum Gasteiger partial charge on any atom is -0.382 e. The third-order valence-corrected chi connectivity index (χ3v) is 3.61. The standard InChI is InChI=1S/C15H25N/c1-10-8-14(9-11(2)12(10)3)16-13(4)15(5,6)7/h8-9,13,16H,1-7H3. The highest BCUT2D eigenvalue weighted by Gasteiger charge is 2.19. The molecule has 1 N–H and O–H groups in total. The van der Waals surface area contributed by atoms with Crippen LogP contribution in [0.3, 0.4) is 0 Å².